The maximum atomic E-state index is 10.3. The van der Waals surface area contributed by atoms with Crippen molar-refractivity contribution >= 4 is 12.6 Å². The Kier molecular flexibility index (Phi) is 1.34. The van der Waals surface area contributed by atoms with Crippen molar-refractivity contribution in [3.63, 3.8) is 0 Å². The van der Waals surface area contributed by atoms with Gasteiger partial charge < -0.3 is 4.98 Å². The summed E-state index contributed by atoms with van der Waals surface area (Å²) in [5, 5.41) is 0.439. The molecule has 1 rings (SSSR count). The van der Waals surface area contributed by atoms with Gasteiger partial charge in [0.25, 0.3) is 5.56 Å². The second-order valence-corrected chi connectivity index (χ2v) is 1.73. The van der Waals surface area contributed by atoms with Crippen LogP contribution in [0.15, 0.2) is 22.2 Å². The van der Waals surface area contributed by atoms with E-state index in [0.29, 0.717) is 5.03 Å². The normalized spacial score (nSPS) is 9.12. The van der Waals surface area contributed by atoms with Gasteiger partial charge in [-0.15, -0.1) is 12.6 Å². The van der Waals surface area contributed by atoms with Crippen molar-refractivity contribution in [1.29, 1.82) is 0 Å². The fourth-order valence-corrected chi connectivity index (χ4v) is 0.533. The van der Waals surface area contributed by atoms with Gasteiger partial charge in [-0.25, -0.2) is 4.98 Å². The molecule has 8 heavy (non-hydrogen) atoms. The number of nitrogens with zero attached hydrogens (tertiary/aromatic N) is 1. The average Bonchev–Trinajstić information content (AvgIpc) is 1.64. The Morgan fingerprint density at radius 2 is 2.50 bits per heavy atom. The van der Waals surface area contributed by atoms with Crippen LogP contribution in [0.5, 0.6) is 0 Å². The van der Waals surface area contributed by atoms with Crippen LogP contribution in [0.3, 0.4) is 0 Å². The molecule has 0 aliphatic rings. The topological polar surface area (TPSA) is 45.8 Å². The predicted octanol–water partition coefficient (Wildman–Crippen LogP) is 0.0586. The van der Waals surface area contributed by atoms with Gasteiger partial charge in [0.15, 0.2) is 0 Å². The highest BCUT2D eigenvalue weighted by Crippen LogP contribution is 1.89. The van der Waals surface area contributed by atoms with Crippen LogP contribution in [0, 0.1) is 0 Å². The fraction of sp³-hybridized carbons (Fsp3) is 0. The summed E-state index contributed by atoms with van der Waals surface area (Å²) in [4.78, 5) is 16.4. The Hall–Kier alpha value is -0.770. The molecule has 0 amide bonds. The highest BCUT2D eigenvalue weighted by Gasteiger charge is 1.82. The molecule has 1 aromatic rings. The van der Waals surface area contributed by atoms with Crippen LogP contribution < -0.4 is 5.56 Å². The van der Waals surface area contributed by atoms with Crippen LogP contribution in [0.25, 0.3) is 0 Å². The summed E-state index contributed by atoms with van der Waals surface area (Å²) in [6, 6.07) is 1.31. The lowest BCUT2D eigenvalue weighted by atomic mass is 10.7. The molecule has 1 aromatic heterocycles. The van der Waals surface area contributed by atoms with Crippen molar-refractivity contribution < 1.29 is 0 Å². The minimum absolute atomic E-state index is 0.176. The van der Waals surface area contributed by atoms with Gasteiger partial charge in [-0.1, -0.05) is 0 Å². The van der Waals surface area contributed by atoms with E-state index in [9.17, 15) is 4.79 Å². The van der Waals surface area contributed by atoms with Crippen LogP contribution in [-0.2, 0) is 0 Å². The van der Waals surface area contributed by atoms with Gasteiger partial charge in [0.2, 0.25) is 0 Å². The van der Waals surface area contributed by atoms with E-state index in [-0.39, 0.29) is 5.56 Å². The third-order valence-electron chi connectivity index (χ3n) is 0.664. The van der Waals surface area contributed by atoms with Gasteiger partial charge in [0.1, 0.15) is 5.03 Å². The van der Waals surface area contributed by atoms with Crippen LogP contribution in [0.1, 0.15) is 0 Å². The minimum atomic E-state index is -0.176. The molecular weight excluding hydrogens is 124 g/mol. The molecule has 0 atom stereocenters. The van der Waals surface area contributed by atoms with E-state index in [1.165, 1.54) is 12.4 Å². The largest absolute Gasteiger partial charge is 0.313 e. The van der Waals surface area contributed by atoms with E-state index >= 15 is 0 Å². The zero-order chi connectivity index (χ0) is 5.98. The van der Waals surface area contributed by atoms with Crippen molar-refractivity contribution in [3.8, 4) is 0 Å². The van der Waals surface area contributed by atoms with Crippen molar-refractivity contribution in [2.24, 2.45) is 0 Å². The summed E-state index contributed by atoms with van der Waals surface area (Å²) in [7, 11) is 0. The number of aromatic nitrogens is 2. The first-order valence-corrected chi connectivity index (χ1v) is 2.47. The highest BCUT2D eigenvalue weighted by atomic mass is 32.1. The number of rotatable bonds is 0. The molecule has 0 saturated heterocycles. The molecule has 0 saturated carbocycles. The zero-order valence-corrected chi connectivity index (χ0v) is 4.85. The lowest BCUT2D eigenvalue weighted by Crippen LogP contribution is -2.02. The van der Waals surface area contributed by atoms with E-state index in [2.05, 4.69) is 22.6 Å². The van der Waals surface area contributed by atoms with Gasteiger partial charge in [0, 0.05) is 6.07 Å². The summed E-state index contributed by atoms with van der Waals surface area (Å²) in [6.45, 7) is 0. The molecule has 42 valence electrons. The molecule has 1 heterocycles. The molecule has 4 heteroatoms. The van der Waals surface area contributed by atoms with E-state index in [0.717, 1.165) is 0 Å². The monoisotopic (exact) mass is 128 g/mol. The first-order chi connectivity index (χ1) is 3.79. The molecule has 0 bridgehead atoms. The Labute approximate surface area is 51.2 Å². The number of H-pyrrole nitrogens is 1. The summed E-state index contributed by atoms with van der Waals surface area (Å²) >= 11 is 3.82. The molecule has 0 fully saturated rings. The molecule has 0 spiro atoms. The van der Waals surface area contributed by atoms with Gasteiger partial charge >= 0.3 is 0 Å². The maximum absolute atomic E-state index is 10.3. The minimum Gasteiger partial charge on any atom is -0.313 e. The number of hydrogen-bond donors (Lipinski definition) is 2. The molecule has 0 radical (unpaired) electrons. The van der Waals surface area contributed by atoms with Crippen LogP contribution in [0.4, 0.5) is 0 Å². The third kappa shape index (κ3) is 1.10. The molecule has 0 aliphatic heterocycles. The molecule has 1 N–H and O–H groups in total. The first kappa shape index (κ1) is 5.37. The van der Waals surface area contributed by atoms with E-state index in [4.69, 9.17) is 0 Å². The van der Waals surface area contributed by atoms with Gasteiger partial charge in [-0.2, -0.15) is 0 Å². The Balaban J connectivity index is 3.28. The lowest BCUT2D eigenvalue weighted by molar-refractivity contribution is 1.02. The van der Waals surface area contributed by atoms with Crippen molar-refractivity contribution in [2.75, 3.05) is 0 Å². The average molecular weight is 128 g/mol. The van der Waals surface area contributed by atoms with Crippen molar-refractivity contribution in [1.82, 2.24) is 9.97 Å². The predicted molar refractivity (Wildman–Crippen MR) is 32.1 cm³/mol. The van der Waals surface area contributed by atoms with Crippen LogP contribution >= 0.6 is 12.6 Å². The molecule has 3 nitrogen and oxygen atoms in total. The number of nitrogens with one attached hydrogen (secondary N) is 1. The molecule has 0 aliphatic carbocycles. The highest BCUT2D eigenvalue weighted by molar-refractivity contribution is 7.80. The van der Waals surface area contributed by atoms with Gasteiger partial charge in [-0.3, -0.25) is 4.79 Å². The quantitative estimate of drug-likeness (QED) is 0.383. The standard InChI is InChI=1S/C4H4N2OS/c7-3-1-4(8)6-2-5-3/h1-2H,(H2,5,6,7,8). The van der Waals surface area contributed by atoms with E-state index in [1.807, 2.05) is 0 Å². The summed E-state index contributed by atoms with van der Waals surface area (Å²) < 4.78 is 0. The van der Waals surface area contributed by atoms with Crippen LogP contribution in [0.2, 0.25) is 0 Å². The molecule has 0 unspecified atom stereocenters. The smallest absolute Gasteiger partial charge is 0.251 e. The first-order valence-electron chi connectivity index (χ1n) is 2.03. The molecular formula is C4H4N2OS. The fourth-order valence-electron chi connectivity index (χ4n) is 0.358. The van der Waals surface area contributed by atoms with E-state index in [1.54, 1.807) is 0 Å². The lowest BCUT2D eigenvalue weighted by Gasteiger charge is -1.82. The second kappa shape index (κ2) is 2.00. The maximum Gasteiger partial charge on any atom is 0.251 e. The van der Waals surface area contributed by atoms with Crippen molar-refractivity contribution in [3.05, 3.63) is 22.7 Å². The number of hydrogen-bond acceptors (Lipinski definition) is 3. The third-order valence-corrected chi connectivity index (χ3v) is 0.908. The summed E-state index contributed by atoms with van der Waals surface area (Å²) in [5.41, 5.74) is -0.176. The zero-order valence-electron chi connectivity index (χ0n) is 3.96. The van der Waals surface area contributed by atoms with Crippen LogP contribution in [-0.4, -0.2) is 9.97 Å². The Morgan fingerprint density at radius 3 is 2.88 bits per heavy atom. The molecule has 0 aromatic carbocycles. The number of thiol groups is 1. The number of aromatic amines is 1. The summed E-state index contributed by atoms with van der Waals surface area (Å²) in [5.74, 6) is 0. The van der Waals surface area contributed by atoms with Crippen molar-refractivity contribution in [2.45, 2.75) is 5.03 Å². The Morgan fingerprint density at radius 1 is 1.75 bits per heavy atom. The van der Waals surface area contributed by atoms with Gasteiger partial charge in [0.05, 0.1) is 6.33 Å². The SMILES string of the molecule is O=c1cc(S)nc[nH]1. The summed E-state index contributed by atoms with van der Waals surface area (Å²) in [6.07, 6.45) is 1.31. The Bertz CT molecular complexity index is 231. The second-order valence-electron chi connectivity index (χ2n) is 1.27. The van der Waals surface area contributed by atoms with Gasteiger partial charge in [-0.05, 0) is 0 Å². The van der Waals surface area contributed by atoms with E-state index < -0.39 is 0 Å².